The molecule has 216 valence electrons. The number of fused-ring (bicyclic) bond motifs is 2. The molecule has 0 aliphatic carbocycles. The Kier molecular flexibility index (Phi) is 8.93. The summed E-state index contributed by atoms with van der Waals surface area (Å²) in [5.74, 6) is -2.06. The molecule has 12 heteroatoms. The lowest BCUT2D eigenvalue weighted by atomic mass is 9.83. The molecule has 1 aliphatic rings. The van der Waals surface area contributed by atoms with Crippen LogP contribution in [-0.4, -0.2) is 55.4 Å². The van der Waals surface area contributed by atoms with Gasteiger partial charge < -0.3 is 25.6 Å². The number of carbonyl (C=O) groups excluding carboxylic acids is 3. The van der Waals surface area contributed by atoms with Gasteiger partial charge in [-0.1, -0.05) is 40.2 Å². The van der Waals surface area contributed by atoms with Gasteiger partial charge in [-0.25, -0.2) is 0 Å². The Morgan fingerprint density at radius 2 is 1.90 bits per heavy atom. The van der Waals surface area contributed by atoms with Gasteiger partial charge in [-0.2, -0.15) is 0 Å². The van der Waals surface area contributed by atoms with Crippen LogP contribution in [0.2, 0.25) is 0 Å². The molecular formula is C29H32BrN5O6. The highest BCUT2D eigenvalue weighted by Crippen LogP contribution is 2.40. The minimum Gasteiger partial charge on any atom is -0.496 e. The van der Waals surface area contributed by atoms with Crippen LogP contribution in [0.3, 0.4) is 0 Å². The molecule has 41 heavy (non-hydrogen) atoms. The number of rotatable bonds is 10. The molecule has 1 aliphatic heterocycles. The Labute approximate surface area is 245 Å². The fraction of sp³-hybridized carbons (Fsp3) is 0.345. The number of amides is 3. The van der Waals surface area contributed by atoms with Crippen molar-refractivity contribution < 1.29 is 24.0 Å². The summed E-state index contributed by atoms with van der Waals surface area (Å²) in [7, 11) is 3.09. The summed E-state index contributed by atoms with van der Waals surface area (Å²) in [5, 5.41) is 15.6. The quantitative estimate of drug-likeness (QED) is 0.258. The fourth-order valence-electron chi connectivity index (χ4n) is 5.24. The molecule has 0 saturated heterocycles. The van der Waals surface area contributed by atoms with E-state index in [0.717, 1.165) is 20.8 Å². The summed E-state index contributed by atoms with van der Waals surface area (Å²) < 4.78 is 6.60. The smallest absolute Gasteiger partial charge is 0.238 e. The molecule has 0 spiro atoms. The van der Waals surface area contributed by atoms with E-state index < -0.39 is 34.1 Å². The Morgan fingerprint density at radius 1 is 1.20 bits per heavy atom. The number of nitrogens with zero attached hydrogens (tertiary/aromatic N) is 3. The zero-order valence-electron chi connectivity index (χ0n) is 23.1. The molecule has 3 amide bonds. The molecule has 3 aromatic carbocycles. The third kappa shape index (κ3) is 5.89. The summed E-state index contributed by atoms with van der Waals surface area (Å²) in [5.41, 5.74) is 5.98. The van der Waals surface area contributed by atoms with Crippen molar-refractivity contribution in [2.75, 3.05) is 37.0 Å². The van der Waals surface area contributed by atoms with E-state index in [0.29, 0.717) is 17.1 Å². The highest BCUT2D eigenvalue weighted by atomic mass is 79.9. The maximum Gasteiger partial charge on any atom is 0.238 e. The SMILES string of the molecule is CNC(C)(C(N)=O)[C@@H]1CN(C(=O)CCC[N+](=O)[O-])c2ccccc2N(Cc2c(OC)ccc3cc(Br)ccc23)C1=O. The van der Waals surface area contributed by atoms with Crippen LogP contribution in [0.5, 0.6) is 5.75 Å². The van der Waals surface area contributed by atoms with E-state index >= 15 is 0 Å². The van der Waals surface area contributed by atoms with E-state index in [1.165, 1.54) is 18.9 Å². The van der Waals surface area contributed by atoms with Gasteiger partial charge in [-0.15, -0.1) is 0 Å². The van der Waals surface area contributed by atoms with E-state index in [2.05, 4.69) is 21.2 Å². The monoisotopic (exact) mass is 625 g/mol. The number of anilines is 2. The first-order valence-corrected chi connectivity index (χ1v) is 13.9. The third-order valence-corrected chi connectivity index (χ3v) is 8.23. The number of nitro groups is 1. The third-order valence-electron chi connectivity index (χ3n) is 7.74. The summed E-state index contributed by atoms with van der Waals surface area (Å²) in [6, 6.07) is 16.6. The van der Waals surface area contributed by atoms with Gasteiger partial charge in [0.2, 0.25) is 24.3 Å². The second kappa shape index (κ2) is 12.2. The van der Waals surface area contributed by atoms with E-state index in [1.807, 2.05) is 30.3 Å². The van der Waals surface area contributed by atoms with E-state index in [9.17, 15) is 24.5 Å². The van der Waals surface area contributed by atoms with Crippen molar-refractivity contribution in [2.45, 2.75) is 31.8 Å². The topological polar surface area (TPSA) is 148 Å². The van der Waals surface area contributed by atoms with E-state index in [-0.39, 0.29) is 32.5 Å². The van der Waals surface area contributed by atoms with Crippen LogP contribution >= 0.6 is 15.9 Å². The van der Waals surface area contributed by atoms with Gasteiger partial charge in [-0.3, -0.25) is 24.5 Å². The van der Waals surface area contributed by atoms with Crippen molar-refractivity contribution in [3.63, 3.8) is 0 Å². The van der Waals surface area contributed by atoms with Gasteiger partial charge in [0, 0.05) is 34.3 Å². The van der Waals surface area contributed by atoms with Crippen LogP contribution in [0.15, 0.2) is 59.1 Å². The number of nitrogens with two attached hydrogens (primary N) is 1. The molecule has 3 N–H and O–H groups in total. The minimum absolute atomic E-state index is 0.0364. The van der Waals surface area contributed by atoms with Crippen LogP contribution < -0.4 is 25.6 Å². The zero-order valence-corrected chi connectivity index (χ0v) is 24.6. The number of carbonyl (C=O) groups is 3. The Balaban J connectivity index is 1.89. The van der Waals surface area contributed by atoms with Crippen LogP contribution in [0.1, 0.15) is 25.3 Å². The van der Waals surface area contributed by atoms with Gasteiger partial charge in [0.1, 0.15) is 11.3 Å². The highest BCUT2D eigenvalue weighted by Gasteiger charge is 2.48. The Hall–Kier alpha value is -4.03. The number of likely N-dealkylation sites (N-methyl/N-ethyl adjacent to an activating group) is 1. The second-order valence-electron chi connectivity index (χ2n) is 10.1. The van der Waals surface area contributed by atoms with Crippen molar-refractivity contribution >= 4 is 55.8 Å². The lowest BCUT2D eigenvalue weighted by Crippen LogP contribution is -2.63. The zero-order chi connectivity index (χ0) is 29.9. The van der Waals surface area contributed by atoms with Gasteiger partial charge in [-0.05, 0) is 55.1 Å². The predicted molar refractivity (Wildman–Crippen MR) is 159 cm³/mol. The first-order valence-electron chi connectivity index (χ1n) is 13.1. The molecule has 11 nitrogen and oxygen atoms in total. The molecule has 0 saturated carbocycles. The largest absolute Gasteiger partial charge is 0.496 e. The number of halogens is 1. The second-order valence-corrected chi connectivity index (χ2v) is 11.0. The normalized spacial score (nSPS) is 16.6. The van der Waals surface area contributed by atoms with Gasteiger partial charge in [0.15, 0.2) is 0 Å². The molecular weight excluding hydrogens is 594 g/mol. The first-order chi connectivity index (χ1) is 19.5. The number of methoxy groups -OCH3 is 1. The highest BCUT2D eigenvalue weighted by molar-refractivity contribution is 9.10. The molecule has 0 radical (unpaired) electrons. The van der Waals surface area contributed by atoms with Crippen LogP contribution in [-0.2, 0) is 20.9 Å². The standard InChI is InChI=1S/C29H32BrN5O6/c1-29(32-2,28(31)38)22-17-33(26(36)9-6-14-35(39)40)23-7-4-5-8-24(23)34(27(22)37)16-21-20-12-11-19(30)15-18(20)10-13-25(21)41-3/h4-5,7-8,10-13,15,22,32H,6,9,14,16-17H2,1-3H3,(H2,31,38)/t22-,29?/m1/s1. The van der Waals surface area contributed by atoms with Crippen molar-refractivity contribution in [1.82, 2.24) is 5.32 Å². The summed E-state index contributed by atoms with van der Waals surface area (Å²) >= 11 is 3.51. The van der Waals surface area contributed by atoms with Crippen molar-refractivity contribution in [1.29, 1.82) is 0 Å². The number of benzene rings is 3. The summed E-state index contributed by atoms with van der Waals surface area (Å²) in [4.78, 5) is 54.2. The van der Waals surface area contributed by atoms with Gasteiger partial charge >= 0.3 is 0 Å². The minimum atomic E-state index is -1.51. The molecule has 0 bridgehead atoms. The molecule has 2 atom stereocenters. The molecule has 4 rings (SSSR count). The fourth-order valence-corrected chi connectivity index (χ4v) is 5.62. The molecule has 0 aromatic heterocycles. The average Bonchev–Trinajstić information content (AvgIpc) is 3.07. The first kappa shape index (κ1) is 29.9. The Morgan fingerprint density at radius 3 is 2.54 bits per heavy atom. The lowest BCUT2D eigenvalue weighted by molar-refractivity contribution is -0.480. The predicted octanol–water partition coefficient (Wildman–Crippen LogP) is 3.63. The number of nitrogens with one attached hydrogen (secondary N) is 1. The van der Waals surface area contributed by atoms with E-state index in [1.54, 1.807) is 36.3 Å². The van der Waals surface area contributed by atoms with Crippen LogP contribution in [0.25, 0.3) is 10.8 Å². The molecule has 0 fully saturated rings. The lowest BCUT2D eigenvalue weighted by Gasteiger charge is -2.36. The van der Waals surface area contributed by atoms with E-state index in [4.69, 9.17) is 10.5 Å². The van der Waals surface area contributed by atoms with Crippen molar-refractivity contribution in [2.24, 2.45) is 11.7 Å². The number of hydrogen-bond acceptors (Lipinski definition) is 7. The van der Waals surface area contributed by atoms with Crippen molar-refractivity contribution in [3.05, 3.63) is 74.7 Å². The maximum absolute atomic E-state index is 14.5. The number of ether oxygens (including phenoxy) is 1. The number of hydrogen-bond donors (Lipinski definition) is 2. The van der Waals surface area contributed by atoms with Crippen LogP contribution in [0, 0.1) is 16.0 Å². The number of para-hydroxylation sites is 2. The summed E-state index contributed by atoms with van der Waals surface area (Å²) in [6.07, 6.45) is -0.0657. The van der Waals surface area contributed by atoms with Crippen LogP contribution in [0.4, 0.5) is 11.4 Å². The summed E-state index contributed by atoms with van der Waals surface area (Å²) in [6.45, 7) is 1.11. The number of primary amides is 1. The molecule has 1 unspecified atom stereocenters. The maximum atomic E-state index is 14.5. The van der Waals surface area contributed by atoms with Gasteiger partial charge in [0.25, 0.3) is 0 Å². The van der Waals surface area contributed by atoms with Crippen molar-refractivity contribution in [3.8, 4) is 5.75 Å². The Bertz CT molecular complexity index is 1510. The molecule has 1 heterocycles. The molecule has 3 aromatic rings. The average molecular weight is 627 g/mol. The van der Waals surface area contributed by atoms with Gasteiger partial charge in [0.05, 0.1) is 30.9 Å².